The Morgan fingerprint density at radius 3 is 1.68 bits per heavy atom. The third-order valence-electron chi connectivity index (χ3n) is 18.7. The fourth-order valence-corrected chi connectivity index (χ4v) is 17.2. The normalized spacial score (nSPS) is 26.2. The number of esters is 2. The van der Waals surface area contributed by atoms with Gasteiger partial charge in [-0.2, -0.15) is 0 Å². The van der Waals surface area contributed by atoms with E-state index >= 15 is 8.42 Å². The van der Waals surface area contributed by atoms with Crippen LogP contribution in [0.25, 0.3) is 0 Å². The molecule has 85 heavy (non-hydrogen) atoms. The lowest BCUT2D eigenvalue weighted by molar-refractivity contribution is -0.268. The molecule has 0 saturated carbocycles. The van der Waals surface area contributed by atoms with Crippen molar-refractivity contribution in [2.75, 3.05) is 27.9 Å². The topological polar surface area (TPSA) is 190 Å². The summed E-state index contributed by atoms with van der Waals surface area (Å²) in [5, 5.41) is 11.1. The van der Waals surface area contributed by atoms with Crippen LogP contribution in [0.4, 0.5) is 0 Å². The number of hydrogen-bond acceptors (Lipinski definition) is 16. The van der Waals surface area contributed by atoms with Crippen molar-refractivity contribution in [3.05, 3.63) is 112 Å². The van der Waals surface area contributed by atoms with Gasteiger partial charge < -0.3 is 56.3 Å². The molecule has 3 aromatic carbocycles. The zero-order valence-corrected chi connectivity index (χ0v) is 59.5. The molecule has 3 aliphatic heterocycles. The zero-order valence-electron chi connectivity index (χ0n) is 53.6. The maximum absolute atomic E-state index is 15.7. The van der Waals surface area contributed by atoms with Gasteiger partial charge in [-0.1, -0.05) is 140 Å². The van der Waals surface area contributed by atoms with E-state index in [9.17, 15) is 14.7 Å². The van der Waals surface area contributed by atoms with Gasteiger partial charge >= 0.3 is 11.9 Å². The van der Waals surface area contributed by atoms with Crippen LogP contribution in [0.1, 0.15) is 115 Å². The van der Waals surface area contributed by atoms with Crippen LogP contribution >= 0.6 is 22.6 Å². The number of aliphatic hydroxyl groups excluding tert-OH is 1. The molecule has 3 saturated heterocycles. The van der Waals surface area contributed by atoms with Crippen molar-refractivity contribution in [1.82, 2.24) is 0 Å². The number of carbonyl (C=O) groups excluding carboxylic acids is 2. The van der Waals surface area contributed by atoms with Gasteiger partial charge in [0.1, 0.15) is 37.1 Å². The number of benzene rings is 3. The lowest BCUT2D eigenvalue weighted by atomic mass is 9.84. The number of aliphatic hydroxyl groups is 1. The highest BCUT2D eigenvalue weighted by atomic mass is 127. The third kappa shape index (κ3) is 17.6. The van der Waals surface area contributed by atoms with Crippen LogP contribution < -0.4 is 0 Å². The van der Waals surface area contributed by atoms with Crippen LogP contribution in [-0.2, 0) is 61.0 Å². The Labute approximate surface area is 524 Å². The standard InChI is InChI=1S/C64H99IO16SSi3/c1-62(2,3)83(13,14)79-49(36-37-65)56-58(81-85(17,18)64(7,8)9)57(80-84(15,16)63(4,5)6)55-48(78-56)35-34-44(75-55)38-47(66)59(82(69,70)46-32-26-21-27-33-46)53-50(40-52(71-10)72-11)77-51(54(53)73-12)39-45(76-61(68)43-30-24-20-25-31-43)41-74-60(67)42-28-22-19-23-29-42/h19-33,36-37,44-45,47-59,66H,34-35,38-41H2,1-18H3/b37-36+/t44-,45-,47?,48+,49+,50+,51-,53+,54+,55+,56+,57+,58-,59-/m1/s1. The molecule has 21 heteroatoms. The summed E-state index contributed by atoms with van der Waals surface area (Å²) in [6, 6.07) is 24.9. The minimum absolute atomic E-state index is 0.00606. The Morgan fingerprint density at radius 1 is 0.659 bits per heavy atom. The van der Waals surface area contributed by atoms with Crippen LogP contribution in [0, 0.1) is 5.92 Å². The summed E-state index contributed by atoms with van der Waals surface area (Å²) in [6.45, 7) is 33.1. The summed E-state index contributed by atoms with van der Waals surface area (Å²) in [5.41, 5.74) is 0.574. The summed E-state index contributed by atoms with van der Waals surface area (Å²) < 4.78 is 107. The maximum Gasteiger partial charge on any atom is 0.338 e. The lowest BCUT2D eigenvalue weighted by Gasteiger charge is -2.56. The van der Waals surface area contributed by atoms with Gasteiger partial charge in [0.2, 0.25) is 0 Å². The van der Waals surface area contributed by atoms with E-state index in [-0.39, 0.29) is 51.4 Å². The van der Waals surface area contributed by atoms with Crippen molar-refractivity contribution >= 4 is 69.3 Å². The van der Waals surface area contributed by atoms with Gasteiger partial charge in [0.25, 0.3) is 0 Å². The van der Waals surface area contributed by atoms with Crippen molar-refractivity contribution < 1.29 is 74.3 Å². The van der Waals surface area contributed by atoms with E-state index in [1.807, 2.05) is 4.08 Å². The molecule has 0 aromatic heterocycles. The monoisotopic (exact) mass is 1370 g/mol. The number of sulfone groups is 1. The molecule has 3 fully saturated rings. The summed E-state index contributed by atoms with van der Waals surface area (Å²) >= 11 is 2.26. The predicted molar refractivity (Wildman–Crippen MR) is 346 cm³/mol. The first kappa shape index (κ1) is 71.3. The third-order valence-corrected chi connectivity index (χ3v) is 34.8. The van der Waals surface area contributed by atoms with Crippen molar-refractivity contribution in [2.45, 2.75) is 238 Å². The highest BCUT2D eigenvalue weighted by molar-refractivity contribution is 14.1. The first-order valence-electron chi connectivity index (χ1n) is 29.9. The molecule has 0 aliphatic carbocycles. The zero-order chi connectivity index (χ0) is 63.1. The Kier molecular flexibility index (Phi) is 24.7. The van der Waals surface area contributed by atoms with Gasteiger partial charge in [-0.25, -0.2) is 18.0 Å². The van der Waals surface area contributed by atoms with E-state index in [4.69, 9.17) is 51.2 Å². The average molecular weight is 1370 g/mol. The highest BCUT2D eigenvalue weighted by Gasteiger charge is 2.60. The molecule has 0 radical (unpaired) electrons. The fourth-order valence-electron chi connectivity index (χ4n) is 10.8. The summed E-state index contributed by atoms with van der Waals surface area (Å²) in [5.74, 6) is -2.38. The fraction of sp³-hybridized carbons (Fsp3) is 0.656. The molecule has 6 rings (SSSR count). The van der Waals surface area contributed by atoms with Gasteiger partial charge in [0, 0.05) is 46.5 Å². The van der Waals surface area contributed by atoms with E-state index in [1.54, 1.807) is 78.9 Å². The van der Waals surface area contributed by atoms with Crippen molar-refractivity contribution in [3.8, 4) is 0 Å². The molecule has 0 spiro atoms. The molecule has 0 bridgehead atoms. The van der Waals surface area contributed by atoms with Crippen molar-refractivity contribution in [1.29, 1.82) is 0 Å². The minimum Gasteiger partial charge on any atom is -0.458 e. The predicted octanol–water partition coefficient (Wildman–Crippen LogP) is 12.9. The van der Waals surface area contributed by atoms with Crippen LogP contribution in [0.3, 0.4) is 0 Å². The smallest absolute Gasteiger partial charge is 0.338 e. The maximum atomic E-state index is 15.7. The van der Waals surface area contributed by atoms with E-state index < -0.39 is 137 Å². The molecule has 1 N–H and O–H groups in total. The molecular formula is C64H99IO16SSi3. The second kappa shape index (κ2) is 29.5. The molecule has 14 atom stereocenters. The summed E-state index contributed by atoms with van der Waals surface area (Å²) in [7, 11) is -7.70. The molecule has 476 valence electrons. The number of fused-ring (bicyclic) bond motifs is 1. The minimum atomic E-state index is -4.46. The second-order valence-corrected chi connectivity index (χ2v) is 44.7. The number of rotatable bonds is 26. The number of halogens is 1. The molecular weight excluding hydrogens is 1270 g/mol. The van der Waals surface area contributed by atoms with Crippen LogP contribution in [-0.4, -0.2) is 163 Å². The number of carbonyl (C=O) groups is 2. The van der Waals surface area contributed by atoms with E-state index in [0.29, 0.717) is 18.4 Å². The molecule has 0 amide bonds. The average Bonchev–Trinajstić information content (AvgIpc) is 1.82. The van der Waals surface area contributed by atoms with Crippen LogP contribution in [0.15, 0.2) is 106 Å². The first-order valence-corrected chi connectivity index (χ1v) is 41.4. The molecule has 3 aliphatic rings. The Morgan fingerprint density at radius 2 is 1.18 bits per heavy atom. The van der Waals surface area contributed by atoms with E-state index in [1.165, 1.54) is 33.5 Å². The Hall–Kier alpha value is -2.73. The number of ether oxygens (including phenoxy) is 8. The van der Waals surface area contributed by atoms with Crippen LogP contribution in [0.2, 0.25) is 54.4 Å². The second-order valence-electron chi connectivity index (χ2n) is 27.6. The van der Waals surface area contributed by atoms with Crippen molar-refractivity contribution in [3.63, 3.8) is 0 Å². The molecule has 3 aromatic rings. The SMILES string of the molecule is COC(C[C@@H]1O[C@H](C[C@H](COC(=O)c2ccccc2)OC(=O)c2ccccc2)[C@H](OC)[C@H]1[C@@H](C(O)C[C@H]1CC[C@@H]2O[C@@H]([C@H](/C=C/I)O[Si](C)(C)C(C)(C)C)[C@@H](O[Si](C)(C)C(C)(C)C)[C@@H](O[Si](C)(C)C(C)(C)C)[C@H]2O1)S(=O)(=O)c1ccccc1)OC. The Balaban J connectivity index is 1.43. The van der Waals surface area contributed by atoms with Gasteiger partial charge in [-0.3, -0.25) is 0 Å². The number of methoxy groups -OCH3 is 3. The Bertz CT molecular complexity index is 2730. The quantitative estimate of drug-likeness (QED) is 0.0345. The van der Waals surface area contributed by atoms with Crippen molar-refractivity contribution in [2.24, 2.45) is 5.92 Å². The van der Waals surface area contributed by atoms with Gasteiger partial charge in [-0.15, -0.1) is 0 Å². The van der Waals surface area contributed by atoms with Gasteiger partial charge in [0.15, 0.2) is 41.1 Å². The first-order chi connectivity index (χ1) is 39.6. The summed E-state index contributed by atoms with van der Waals surface area (Å²) in [4.78, 5) is 27.2. The van der Waals surface area contributed by atoms with Crippen LogP contribution in [0.5, 0.6) is 0 Å². The van der Waals surface area contributed by atoms with Gasteiger partial charge in [0.05, 0.1) is 64.0 Å². The molecule has 16 nitrogen and oxygen atoms in total. The number of hydrogen-bond donors (Lipinski definition) is 1. The van der Waals surface area contributed by atoms with Gasteiger partial charge in [-0.05, 0) is 114 Å². The summed E-state index contributed by atoms with van der Waals surface area (Å²) in [6.07, 6.45) is -7.86. The molecule has 1 unspecified atom stereocenters. The highest BCUT2D eigenvalue weighted by Crippen LogP contribution is 2.49. The largest absolute Gasteiger partial charge is 0.458 e. The van der Waals surface area contributed by atoms with E-state index in [2.05, 4.69) is 130 Å². The molecule has 3 heterocycles. The lowest BCUT2D eigenvalue weighted by Crippen LogP contribution is -2.69. The van der Waals surface area contributed by atoms with E-state index in [0.717, 1.165) is 0 Å².